The molecule has 17 heavy (non-hydrogen) atoms. The van der Waals surface area contributed by atoms with Crippen LogP contribution in [0, 0.1) is 5.92 Å². The van der Waals surface area contributed by atoms with Gasteiger partial charge in [0, 0.05) is 12.4 Å². The Bertz CT molecular complexity index is 514. The molecular formula is C13H17N3S. The zero-order valence-electron chi connectivity index (χ0n) is 9.80. The molecule has 0 radical (unpaired) electrons. The van der Waals surface area contributed by atoms with Gasteiger partial charge >= 0.3 is 0 Å². The Labute approximate surface area is 105 Å². The second-order valence-electron chi connectivity index (χ2n) is 4.69. The number of nitrogens with two attached hydrogens (primary N) is 1. The smallest absolute Gasteiger partial charge is 0.160 e. The monoisotopic (exact) mass is 247 g/mol. The molecular weight excluding hydrogens is 230 g/mol. The lowest BCUT2D eigenvalue weighted by Gasteiger charge is -2.19. The molecule has 2 N–H and O–H groups in total. The lowest BCUT2D eigenvalue weighted by atomic mass is 9.97. The summed E-state index contributed by atoms with van der Waals surface area (Å²) in [5, 5.41) is 0. The summed E-state index contributed by atoms with van der Waals surface area (Å²) in [5.74, 6) is 3.42. The number of pyridine rings is 1. The van der Waals surface area contributed by atoms with Crippen LogP contribution in [0.3, 0.4) is 0 Å². The standard InChI is InChI=1S/C13H17N3S/c14-12-2-1-5-16-9-11(15-13(12)16)8-10-3-6-17-7-4-10/h1-2,5,9-10H,3-4,6-8,14H2. The molecule has 0 unspecified atom stereocenters. The number of anilines is 1. The normalized spacial score (nSPS) is 17.6. The molecule has 2 aromatic rings. The van der Waals surface area contributed by atoms with E-state index in [4.69, 9.17) is 5.73 Å². The number of hydrogen-bond donors (Lipinski definition) is 1. The van der Waals surface area contributed by atoms with Gasteiger partial charge < -0.3 is 10.1 Å². The van der Waals surface area contributed by atoms with Gasteiger partial charge in [0.15, 0.2) is 5.65 Å². The number of nitrogen functional groups attached to an aromatic ring is 1. The number of fused-ring (bicyclic) bond motifs is 1. The number of rotatable bonds is 2. The summed E-state index contributed by atoms with van der Waals surface area (Å²) >= 11 is 2.07. The Kier molecular flexibility index (Phi) is 2.97. The van der Waals surface area contributed by atoms with E-state index in [1.54, 1.807) is 0 Å². The van der Waals surface area contributed by atoms with Crippen molar-refractivity contribution >= 4 is 23.1 Å². The van der Waals surface area contributed by atoms with Crippen LogP contribution in [-0.2, 0) is 6.42 Å². The van der Waals surface area contributed by atoms with Crippen molar-refractivity contribution in [1.82, 2.24) is 9.38 Å². The third-order valence-electron chi connectivity index (χ3n) is 3.40. The van der Waals surface area contributed by atoms with Crippen molar-refractivity contribution in [3.63, 3.8) is 0 Å². The van der Waals surface area contributed by atoms with E-state index in [9.17, 15) is 0 Å². The molecule has 1 aliphatic rings. The number of nitrogens with zero attached hydrogens (tertiary/aromatic N) is 2. The predicted molar refractivity (Wildman–Crippen MR) is 73.4 cm³/mol. The second-order valence-corrected chi connectivity index (χ2v) is 5.91. The van der Waals surface area contributed by atoms with Gasteiger partial charge in [-0.3, -0.25) is 0 Å². The first-order valence-corrected chi connectivity index (χ1v) is 7.28. The van der Waals surface area contributed by atoms with Gasteiger partial charge in [-0.2, -0.15) is 11.8 Å². The van der Waals surface area contributed by atoms with Crippen LogP contribution < -0.4 is 5.73 Å². The lowest BCUT2D eigenvalue weighted by Crippen LogP contribution is -2.12. The fraction of sp³-hybridized carbons (Fsp3) is 0.462. The summed E-state index contributed by atoms with van der Waals surface area (Å²) < 4.78 is 2.03. The maximum Gasteiger partial charge on any atom is 0.160 e. The third kappa shape index (κ3) is 2.27. The molecule has 3 heterocycles. The van der Waals surface area contributed by atoms with Crippen molar-refractivity contribution < 1.29 is 0 Å². The van der Waals surface area contributed by atoms with Gasteiger partial charge in [-0.1, -0.05) is 0 Å². The van der Waals surface area contributed by atoms with E-state index in [0.717, 1.165) is 23.7 Å². The van der Waals surface area contributed by atoms with Gasteiger partial charge in [0.1, 0.15) is 0 Å². The van der Waals surface area contributed by atoms with Gasteiger partial charge in [-0.15, -0.1) is 0 Å². The van der Waals surface area contributed by atoms with Crippen LogP contribution >= 0.6 is 11.8 Å². The Morgan fingerprint density at radius 3 is 3.00 bits per heavy atom. The first-order valence-electron chi connectivity index (χ1n) is 6.13. The minimum atomic E-state index is 0.762. The van der Waals surface area contributed by atoms with E-state index in [-0.39, 0.29) is 0 Å². The molecule has 3 rings (SSSR count). The maximum atomic E-state index is 5.92. The van der Waals surface area contributed by atoms with E-state index in [2.05, 4.69) is 22.9 Å². The van der Waals surface area contributed by atoms with Crippen LogP contribution in [0.1, 0.15) is 18.5 Å². The van der Waals surface area contributed by atoms with Crippen LogP contribution in [0.25, 0.3) is 5.65 Å². The molecule has 2 aromatic heterocycles. The fourth-order valence-corrected chi connectivity index (χ4v) is 3.63. The summed E-state index contributed by atoms with van der Waals surface area (Å²) in [7, 11) is 0. The van der Waals surface area contributed by atoms with Crippen LogP contribution in [0.15, 0.2) is 24.5 Å². The quantitative estimate of drug-likeness (QED) is 0.887. The van der Waals surface area contributed by atoms with Gasteiger partial charge in [0.25, 0.3) is 0 Å². The van der Waals surface area contributed by atoms with E-state index in [1.165, 1.54) is 30.0 Å². The van der Waals surface area contributed by atoms with Crippen molar-refractivity contribution in [2.24, 2.45) is 5.92 Å². The molecule has 0 aliphatic carbocycles. The molecule has 1 aliphatic heterocycles. The van der Waals surface area contributed by atoms with E-state index < -0.39 is 0 Å². The van der Waals surface area contributed by atoms with Crippen LogP contribution in [-0.4, -0.2) is 20.9 Å². The lowest BCUT2D eigenvalue weighted by molar-refractivity contribution is 0.483. The zero-order valence-corrected chi connectivity index (χ0v) is 10.6. The zero-order chi connectivity index (χ0) is 11.7. The molecule has 0 spiro atoms. The molecule has 0 saturated carbocycles. The molecule has 4 heteroatoms. The summed E-state index contributed by atoms with van der Waals surface area (Å²) in [6.45, 7) is 0. The molecule has 1 saturated heterocycles. The predicted octanol–water partition coefficient (Wildman–Crippen LogP) is 2.60. The van der Waals surface area contributed by atoms with Crippen molar-refractivity contribution in [3.05, 3.63) is 30.2 Å². The highest BCUT2D eigenvalue weighted by Gasteiger charge is 2.16. The largest absolute Gasteiger partial charge is 0.396 e. The summed E-state index contributed by atoms with van der Waals surface area (Å²) in [4.78, 5) is 4.64. The van der Waals surface area contributed by atoms with Crippen molar-refractivity contribution in [2.75, 3.05) is 17.2 Å². The molecule has 0 aromatic carbocycles. The number of aromatic nitrogens is 2. The Morgan fingerprint density at radius 1 is 1.41 bits per heavy atom. The molecule has 90 valence electrons. The highest BCUT2D eigenvalue weighted by molar-refractivity contribution is 7.99. The molecule has 0 atom stereocenters. The Balaban J connectivity index is 1.83. The molecule has 1 fully saturated rings. The molecule has 0 amide bonds. The van der Waals surface area contributed by atoms with Gasteiger partial charge in [-0.05, 0) is 48.8 Å². The minimum absolute atomic E-state index is 0.762. The summed E-state index contributed by atoms with van der Waals surface area (Å²) in [5.41, 5.74) is 8.75. The van der Waals surface area contributed by atoms with Crippen LogP contribution in [0.4, 0.5) is 5.69 Å². The van der Waals surface area contributed by atoms with Gasteiger partial charge in [0.05, 0.1) is 11.4 Å². The highest BCUT2D eigenvalue weighted by atomic mass is 32.2. The van der Waals surface area contributed by atoms with Crippen molar-refractivity contribution in [1.29, 1.82) is 0 Å². The highest BCUT2D eigenvalue weighted by Crippen LogP contribution is 2.26. The maximum absolute atomic E-state index is 5.92. The van der Waals surface area contributed by atoms with E-state index in [0.29, 0.717) is 0 Å². The average Bonchev–Trinajstić information content (AvgIpc) is 2.74. The summed E-state index contributed by atoms with van der Waals surface area (Å²) in [6.07, 6.45) is 7.88. The van der Waals surface area contributed by atoms with Crippen LogP contribution in [0.5, 0.6) is 0 Å². The topological polar surface area (TPSA) is 43.3 Å². The van der Waals surface area contributed by atoms with Crippen LogP contribution in [0.2, 0.25) is 0 Å². The van der Waals surface area contributed by atoms with Crippen molar-refractivity contribution in [3.8, 4) is 0 Å². The van der Waals surface area contributed by atoms with Crippen molar-refractivity contribution in [2.45, 2.75) is 19.3 Å². The van der Waals surface area contributed by atoms with Gasteiger partial charge in [0.2, 0.25) is 0 Å². The Hall–Kier alpha value is -1.16. The third-order valence-corrected chi connectivity index (χ3v) is 4.45. The minimum Gasteiger partial charge on any atom is -0.396 e. The SMILES string of the molecule is Nc1cccn2cc(CC3CCSCC3)nc12. The number of hydrogen-bond acceptors (Lipinski definition) is 3. The average molecular weight is 247 g/mol. The first-order chi connectivity index (χ1) is 8.33. The van der Waals surface area contributed by atoms with E-state index >= 15 is 0 Å². The number of imidazole rings is 1. The summed E-state index contributed by atoms with van der Waals surface area (Å²) in [6, 6.07) is 3.87. The molecule has 0 bridgehead atoms. The van der Waals surface area contributed by atoms with E-state index in [1.807, 2.05) is 22.7 Å². The van der Waals surface area contributed by atoms with Gasteiger partial charge in [-0.25, -0.2) is 4.98 Å². The molecule has 3 nitrogen and oxygen atoms in total. The first kappa shape index (κ1) is 11.0. The Morgan fingerprint density at radius 2 is 2.24 bits per heavy atom. The number of thioether (sulfide) groups is 1. The second kappa shape index (κ2) is 4.61. The fourth-order valence-electron chi connectivity index (χ4n) is 2.43.